The van der Waals surface area contributed by atoms with Gasteiger partial charge in [0.15, 0.2) is 5.75 Å². The highest BCUT2D eigenvalue weighted by molar-refractivity contribution is 5.74. The molecule has 0 radical (unpaired) electrons. The fourth-order valence-electron chi connectivity index (χ4n) is 1.37. The first-order valence-corrected chi connectivity index (χ1v) is 4.76. The smallest absolute Gasteiger partial charge is 0.164 e. The van der Waals surface area contributed by atoms with Gasteiger partial charge in [0.25, 0.3) is 0 Å². The zero-order chi connectivity index (χ0) is 10.5. The maximum Gasteiger partial charge on any atom is 0.164 e. The van der Waals surface area contributed by atoms with Crippen LogP contribution in [0.5, 0.6) is 5.75 Å². The van der Waals surface area contributed by atoms with Crippen molar-refractivity contribution in [1.29, 1.82) is 0 Å². The molecule has 76 valence electrons. The second-order valence-electron chi connectivity index (χ2n) is 3.20. The number of allylic oxidation sites excluding steroid dienone is 4. The lowest BCUT2D eigenvalue weighted by Gasteiger charge is -2.09. The average molecular weight is 200 g/mol. The zero-order valence-corrected chi connectivity index (χ0v) is 8.47. The summed E-state index contributed by atoms with van der Waals surface area (Å²) in [5.74, 6) is 0.777. The summed E-state index contributed by atoms with van der Waals surface area (Å²) in [7, 11) is 0. The van der Waals surface area contributed by atoms with Gasteiger partial charge in [-0.25, -0.2) is 0 Å². The molecule has 0 fully saturated rings. The van der Waals surface area contributed by atoms with Gasteiger partial charge >= 0.3 is 0 Å². The van der Waals surface area contributed by atoms with Crippen LogP contribution < -0.4 is 10.4 Å². The minimum Gasteiger partial charge on any atom is -0.365 e. The van der Waals surface area contributed by atoms with Crippen LogP contribution >= 0.6 is 0 Å². The first-order valence-electron chi connectivity index (χ1n) is 4.76. The van der Waals surface area contributed by atoms with Crippen LogP contribution in [0.3, 0.4) is 0 Å². The Morgan fingerprint density at radius 3 is 3.00 bits per heavy atom. The van der Waals surface area contributed by atoms with Crippen LogP contribution in [0.4, 0.5) is 0 Å². The quantitative estimate of drug-likeness (QED) is 0.698. The molecule has 3 nitrogen and oxygen atoms in total. The van der Waals surface area contributed by atoms with E-state index in [1.807, 2.05) is 49.4 Å². The molecule has 0 aliphatic carbocycles. The molecule has 0 bridgehead atoms. The maximum atomic E-state index is 5.31. The van der Waals surface area contributed by atoms with Crippen LogP contribution in [-0.2, 0) is 0 Å². The fraction of sp³-hybridized carbons (Fsp3) is 0.0833. The Balaban J connectivity index is 2.45. The second kappa shape index (κ2) is 4.46. The molecule has 2 rings (SSSR count). The van der Waals surface area contributed by atoms with Crippen molar-refractivity contribution in [2.75, 3.05) is 0 Å². The second-order valence-corrected chi connectivity index (χ2v) is 3.20. The number of rotatable bonds is 0. The minimum atomic E-state index is 0.777. The third kappa shape index (κ3) is 2.26. The van der Waals surface area contributed by atoms with Crippen molar-refractivity contribution in [2.24, 2.45) is 5.10 Å². The summed E-state index contributed by atoms with van der Waals surface area (Å²) < 4.78 is 0. The van der Waals surface area contributed by atoms with Crippen LogP contribution in [0, 0.1) is 0 Å². The standard InChI is InChI=1S/C12H12N2O/c1-10-6-4-5-9-13-14-15-12-8-3-2-7-11(10)12/h2-9,14H,1H3/b5-4-,10-6+,13-9+. The van der Waals surface area contributed by atoms with Crippen molar-refractivity contribution in [2.45, 2.75) is 6.92 Å². The summed E-state index contributed by atoms with van der Waals surface area (Å²) in [6, 6.07) is 7.83. The van der Waals surface area contributed by atoms with Gasteiger partial charge in [0.05, 0.1) is 6.21 Å². The molecule has 1 heterocycles. The Hall–Kier alpha value is -2.03. The van der Waals surface area contributed by atoms with E-state index in [-0.39, 0.29) is 0 Å². The highest BCUT2D eigenvalue weighted by atomic mass is 16.7. The molecule has 1 aromatic rings. The number of benzene rings is 1. The third-order valence-corrected chi connectivity index (χ3v) is 2.14. The predicted octanol–water partition coefficient (Wildman–Crippen LogP) is 2.53. The third-order valence-electron chi connectivity index (χ3n) is 2.14. The van der Waals surface area contributed by atoms with Crippen molar-refractivity contribution in [3.05, 3.63) is 48.1 Å². The number of hydrazone groups is 1. The number of nitrogens with one attached hydrogen (secondary N) is 1. The number of hydrogen-bond acceptors (Lipinski definition) is 3. The predicted molar refractivity (Wildman–Crippen MR) is 61.5 cm³/mol. The van der Waals surface area contributed by atoms with Crippen LogP contribution in [0.2, 0.25) is 0 Å². The molecule has 15 heavy (non-hydrogen) atoms. The van der Waals surface area contributed by atoms with Crippen LogP contribution in [-0.4, -0.2) is 6.21 Å². The van der Waals surface area contributed by atoms with E-state index < -0.39 is 0 Å². The molecule has 0 atom stereocenters. The first kappa shape index (κ1) is 9.52. The van der Waals surface area contributed by atoms with Crippen LogP contribution in [0.25, 0.3) is 5.57 Å². The van der Waals surface area contributed by atoms with E-state index >= 15 is 0 Å². The lowest BCUT2D eigenvalue weighted by Crippen LogP contribution is -2.12. The molecule has 0 spiro atoms. The molecule has 1 aromatic carbocycles. The van der Waals surface area contributed by atoms with E-state index in [1.54, 1.807) is 6.21 Å². The normalized spacial score (nSPS) is 22.3. The largest absolute Gasteiger partial charge is 0.365 e. The van der Waals surface area contributed by atoms with Gasteiger partial charge in [0.2, 0.25) is 0 Å². The lowest BCUT2D eigenvalue weighted by atomic mass is 10.1. The van der Waals surface area contributed by atoms with Gasteiger partial charge in [-0.3, -0.25) is 0 Å². The van der Waals surface area contributed by atoms with E-state index in [0.717, 1.165) is 16.9 Å². The highest BCUT2D eigenvalue weighted by Gasteiger charge is 2.04. The van der Waals surface area contributed by atoms with E-state index in [0.29, 0.717) is 0 Å². The summed E-state index contributed by atoms with van der Waals surface area (Å²) in [5.41, 5.74) is 4.74. The molecular formula is C12H12N2O. The van der Waals surface area contributed by atoms with Crippen molar-refractivity contribution in [1.82, 2.24) is 5.59 Å². The van der Waals surface area contributed by atoms with E-state index in [2.05, 4.69) is 10.7 Å². The molecule has 1 aliphatic heterocycles. The van der Waals surface area contributed by atoms with Gasteiger partial charge in [-0.2, -0.15) is 5.10 Å². The molecule has 0 saturated carbocycles. The number of fused-ring (bicyclic) bond motifs is 1. The Kier molecular flexibility index (Phi) is 2.83. The molecule has 0 amide bonds. The highest BCUT2D eigenvalue weighted by Crippen LogP contribution is 2.25. The summed E-state index contributed by atoms with van der Waals surface area (Å²) >= 11 is 0. The number of hydrogen-bond donors (Lipinski definition) is 1. The topological polar surface area (TPSA) is 33.6 Å². The zero-order valence-electron chi connectivity index (χ0n) is 8.47. The number of para-hydroxylation sites is 1. The lowest BCUT2D eigenvalue weighted by molar-refractivity contribution is 0.202. The van der Waals surface area contributed by atoms with Gasteiger partial charge in [-0.1, -0.05) is 30.4 Å². The monoisotopic (exact) mass is 200 g/mol. The molecule has 0 aromatic heterocycles. The molecule has 0 saturated heterocycles. The summed E-state index contributed by atoms with van der Waals surface area (Å²) in [6.07, 6.45) is 7.45. The summed E-state index contributed by atoms with van der Waals surface area (Å²) in [4.78, 5) is 5.31. The molecule has 3 heteroatoms. The van der Waals surface area contributed by atoms with E-state index in [9.17, 15) is 0 Å². The van der Waals surface area contributed by atoms with Crippen molar-refractivity contribution >= 4 is 11.8 Å². The Labute approximate surface area is 88.7 Å². The van der Waals surface area contributed by atoms with Gasteiger partial charge < -0.3 is 4.84 Å². The summed E-state index contributed by atoms with van der Waals surface area (Å²) in [5, 5.41) is 3.84. The van der Waals surface area contributed by atoms with Gasteiger partial charge in [-0.15, -0.1) is 5.59 Å². The summed E-state index contributed by atoms with van der Waals surface area (Å²) in [6.45, 7) is 2.05. The van der Waals surface area contributed by atoms with Gasteiger partial charge in [0, 0.05) is 5.56 Å². The van der Waals surface area contributed by atoms with Crippen LogP contribution in [0.1, 0.15) is 12.5 Å². The SMILES string of the molecule is C\C1=C/C=C\C=N\NOc2ccccc21. The minimum absolute atomic E-state index is 0.777. The molecular weight excluding hydrogens is 188 g/mol. The Morgan fingerprint density at radius 2 is 2.07 bits per heavy atom. The molecule has 1 aliphatic rings. The van der Waals surface area contributed by atoms with Gasteiger partial charge in [-0.05, 0) is 24.6 Å². The Morgan fingerprint density at radius 1 is 1.20 bits per heavy atom. The van der Waals surface area contributed by atoms with E-state index in [4.69, 9.17) is 4.84 Å². The first-order chi connectivity index (χ1) is 7.38. The van der Waals surface area contributed by atoms with Crippen molar-refractivity contribution in [3.8, 4) is 5.75 Å². The molecule has 1 N–H and O–H groups in total. The van der Waals surface area contributed by atoms with Crippen LogP contribution in [0.15, 0.2) is 47.6 Å². The van der Waals surface area contributed by atoms with Crippen molar-refractivity contribution < 1.29 is 4.84 Å². The number of nitrogens with zero attached hydrogens (tertiary/aromatic N) is 1. The van der Waals surface area contributed by atoms with E-state index in [1.165, 1.54) is 0 Å². The maximum absolute atomic E-state index is 5.31. The fourth-order valence-corrected chi connectivity index (χ4v) is 1.37. The Bertz CT molecular complexity index is 433. The van der Waals surface area contributed by atoms with Gasteiger partial charge in [0.1, 0.15) is 0 Å². The van der Waals surface area contributed by atoms with Crippen molar-refractivity contribution in [3.63, 3.8) is 0 Å². The average Bonchev–Trinajstić information content (AvgIpc) is 2.28. The molecule has 0 unspecified atom stereocenters.